The Balaban J connectivity index is 1.15. The Morgan fingerprint density at radius 2 is 2.15 bits per heavy atom. The van der Waals surface area contributed by atoms with Gasteiger partial charge in [-0.05, 0) is 68.9 Å². The smallest absolute Gasteiger partial charge is 0.326 e. The van der Waals surface area contributed by atoms with E-state index in [9.17, 15) is 20.0 Å². The van der Waals surface area contributed by atoms with E-state index in [-0.39, 0.29) is 32.0 Å². The number of fused-ring (bicyclic) bond motifs is 1. The van der Waals surface area contributed by atoms with Gasteiger partial charge in [0, 0.05) is 38.5 Å². The Morgan fingerprint density at radius 1 is 1.35 bits per heavy atom. The van der Waals surface area contributed by atoms with Crippen LogP contribution in [0.3, 0.4) is 0 Å². The number of anilines is 1. The van der Waals surface area contributed by atoms with Crippen molar-refractivity contribution in [1.29, 1.82) is 5.26 Å². The molecule has 4 rings (SSSR count). The summed E-state index contributed by atoms with van der Waals surface area (Å²) >= 11 is 0. The maximum Gasteiger partial charge on any atom is 0.326 e. The van der Waals surface area contributed by atoms with Gasteiger partial charge in [0.05, 0.1) is 12.2 Å². The first-order valence-electron chi connectivity index (χ1n) is 12.4. The standard InChI is InChI=1S/C25H34N4O5/c26-16-25(8-12-33-13-9-25)24(32)29-21(23(30)31)7-11-34-20-14-17(15-20)3-5-19-6-4-18-2-1-10-27-22(18)28-19/h4,6,17,20-21H,1-3,5,7-15H2,(H,27,28)(H,29,32)(H,30,31)/t17-,20+,21-/m0/s1. The number of amides is 1. The second kappa shape index (κ2) is 11.2. The monoisotopic (exact) mass is 470 g/mol. The minimum atomic E-state index is -1.21. The molecular formula is C25H34N4O5. The lowest BCUT2D eigenvalue weighted by Gasteiger charge is -2.35. The number of carboxylic acids is 1. The van der Waals surface area contributed by atoms with Gasteiger partial charge in [0.15, 0.2) is 0 Å². The largest absolute Gasteiger partial charge is 0.480 e. The van der Waals surface area contributed by atoms with Crippen molar-refractivity contribution >= 4 is 17.7 Å². The summed E-state index contributed by atoms with van der Waals surface area (Å²) in [4.78, 5) is 29.0. The van der Waals surface area contributed by atoms with E-state index in [0.29, 0.717) is 19.1 Å². The maximum absolute atomic E-state index is 12.6. The Morgan fingerprint density at radius 3 is 2.88 bits per heavy atom. The van der Waals surface area contributed by atoms with Crippen molar-refractivity contribution in [3.63, 3.8) is 0 Å². The molecule has 1 aliphatic carbocycles. The number of nitrogens with one attached hydrogen (secondary N) is 2. The minimum Gasteiger partial charge on any atom is -0.480 e. The lowest BCUT2D eigenvalue weighted by Crippen LogP contribution is -2.50. The fraction of sp³-hybridized carbons (Fsp3) is 0.680. The zero-order chi connectivity index (χ0) is 24.0. The quantitative estimate of drug-likeness (QED) is 0.475. The molecular weight excluding hydrogens is 436 g/mol. The van der Waals surface area contributed by atoms with E-state index in [1.807, 2.05) is 0 Å². The first kappa shape index (κ1) is 24.4. The normalized spacial score (nSPS) is 24.0. The molecule has 3 N–H and O–H groups in total. The molecule has 9 heteroatoms. The Bertz CT molecular complexity index is 918. The molecule has 2 aliphatic heterocycles. The fourth-order valence-electron chi connectivity index (χ4n) is 4.92. The van der Waals surface area contributed by atoms with Gasteiger partial charge in [0.1, 0.15) is 17.3 Å². The zero-order valence-corrected chi connectivity index (χ0v) is 19.6. The van der Waals surface area contributed by atoms with Gasteiger partial charge >= 0.3 is 5.97 Å². The van der Waals surface area contributed by atoms with Crippen LogP contribution in [0, 0.1) is 22.7 Å². The van der Waals surface area contributed by atoms with Crippen molar-refractivity contribution in [3.8, 4) is 6.07 Å². The molecule has 0 aromatic carbocycles. The topological polar surface area (TPSA) is 134 Å². The number of nitriles is 1. The highest BCUT2D eigenvalue weighted by atomic mass is 16.5. The second-order valence-electron chi connectivity index (χ2n) is 9.67. The Labute approximate surface area is 200 Å². The number of aliphatic carboxylic acids is 1. The van der Waals surface area contributed by atoms with Crippen LogP contribution in [0.25, 0.3) is 0 Å². The molecule has 1 aromatic heterocycles. The third kappa shape index (κ3) is 5.86. The van der Waals surface area contributed by atoms with Crippen LogP contribution in [0.15, 0.2) is 12.1 Å². The van der Waals surface area contributed by atoms with Crippen LogP contribution in [0.5, 0.6) is 0 Å². The number of aryl methyl sites for hydroxylation is 2. The van der Waals surface area contributed by atoms with Crippen molar-refractivity contribution in [1.82, 2.24) is 10.3 Å². The van der Waals surface area contributed by atoms with Crippen molar-refractivity contribution in [3.05, 3.63) is 23.4 Å². The van der Waals surface area contributed by atoms with Crippen LogP contribution in [0.2, 0.25) is 0 Å². The first-order chi connectivity index (χ1) is 16.5. The fourth-order valence-corrected chi connectivity index (χ4v) is 4.92. The van der Waals surface area contributed by atoms with Crippen molar-refractivity contribution < 1.29 is 24.2 Å². The van der Waals surface area contributed by atoms with Gasteiger partial charge in [-0.3, -0.25) is 4.79 Å². The number of hydrogen-bond donors (Lipinski definition) is 3. The molecule has 1 aromatic rings. The molecule has 2 fully saturated rings. The minimum absolute atomic E-state index is 0.134. The molecule has 1 amide bonds. The number of aromatic nitrogens is 1. The molecule has 34 heavy (non-hydrogen) atoms. The van der Waals surface area contributed by atoms with E-state index in [4.69, 9.17) is 14.5 Å². The Kier molecular flexibility index (Phi) is 8.01. The summed E-state index contributed by atoms with van der Waals surface area (Å²) in [5.41, 5.74) is 1.22. The molecule has 184 valence electrons. The average Bonchev–Trinajstić information content (AvgIpc) is 2.84. The van der Waals surface area contributed by atoms with Crippen LogP contribution in [0.4, 0.5) is 5.82 Å². The molecule has 0 bridgehead atoms. The summed E-state index contributed by atoms with van der Waals surface area (Å²) in [5, 5.41) is 24.9. The number of pyridine rings is 1. The van der Waals surface area contributed by atoms with Gasteiger partial charge in [0.2, 0.25) is 5.91 Å². The lowest BCUT2D eigenvalue weighted by atomic mass is 9.79. The maximum atomic E-state index is 12.6. The van der Waals surface area contributed by atoms with Crippen molar-refractivity contribution in [2.45, 2.75) is 69.9 Å². The van der Waals surface area contributed by atoms with Crippen LogP contribution in [-0.2, 0) is 31.9 Å². The van der Waals surface area contributed by atoms with Crippen molar-refractivity contribution in [2.75, 3.05) is 31.7 Å². The number of carboxylic acid groups (broad SMARTS) is 1. The molecule has 1 saturated heterocycles. The highest BCUT2D eigenvalue weighted by Gasteiger charge is 2.42. The number of hydrogen-bond acceptors (Lipinski definition) is 7. The zero-order valence-electron chi connectivity index (χ0n) is 19.6. The number of rotatable bonds is 10. The number of ether oxygens (including phenoxy) is 2. The van der Waals surface area contributed by atoms with Crippen LogP contribution in [-0.4, -0.2) is 60.5 Å². The molecule has 0 radical (unpaired) electrons. The SMILES string of the molecule is N#CC1(C(=O)N[C@@H](CCO[C@H]2C[C@@H](CCc3ccc4c(n3)NCCC4)C2)C(=O)O)CCOCC1. The van der Waals surface area contributed by atoms with E-state index in [1.54, 1.807) is 0 Å². The van der Waals surface area contributed by atoms with E-state index in [1.165, 1.54) is 5.56 Å². The number of carbonyl (C=O) groups excluding carboxylic acids is 1. The third-order valence-electron chi connectivity index (χ3n) is 7.31. The van der Waals surface area contributed by atoms with E-state index in [0.717, 1.165) is 56.6 Å². The Hall–Kier alpha value is -2.70. The summed E-state index contributed by atoms with van der Waals surface area (Å²) in [6.45, 7) is 1.90. The molecule has 9 nitrogen and oxygen atoms in total. The lowest BCUT2D eigenvalue weighted by molar-refractivity contribution is -0.145. The molecule has 0 unspecified atom stereocenters. The van der Waals surface area contributed by atoms with Crippen LogP contribution in [0.1, 0.15) is 56.2 Å². The molecule has 3 aliphatic rings. The summed E-state index contributed by atoms with van der Waals surface area (Å²) in [7, 11) is 0. The molecule has 1 atom stereocenters. The second-order valence-corrected chi connectivity index (χ2v) is 9.67. The average molecular weight is 471 g/mol. The van der Waals surface area contributed by atoms with Gasteiger partial charge < -0.3 is 25.2 Å². The third-order valence-corrected chi connectivity index (χ3v) is 7.31. The van der Waals surface area contributed by atoms with Gasteiger partial charge in [-0.2, -0.15) is 5.26 Å². The van der Waals surface area contributed by atoms with Crippen LogP contribution < -0.4 is 10.6 Å². The number of nitrogens with zero attached hydrogens (tertiary/aromatic N) is 2. The molecule has 1 saturated carbocycles. The van der Waals surface area contributed by atoms with Gasteiger partial charge in [0.25, 0.3) is 0 Å². The summed E-state index contributed by atoms with van der Waals surface area (Å²) in [6.07, 6.45) is 7.06. The van der Waals surface area contributed by atoms with E-state index >= 15 is 0 Å². The predicted molar refractivity (Wildman–Crippen MR) is 124 cm³/mol. The highest BCUT2D eigenvalue weighted by molar-refractivity contribution is 5.89. The summed E-state index contributed by atoms with van der Waals surface area (Å²) in [5.74, 6) is -0.0121. The van der Waals surface area contributed by atoms with Crippen molar-refractivity contribution in [2.24, 2.45) is 11.3 Å². The van der Waals surface area contributed by atoms with Gasteiger partial charge in [-0.15, -0.1) is 0 Å². The van der Waals surface area contributed by atoms with Crippen LogP contribution >= 0.6 is 0 Å². The predicted octanol–water partition coefficient (Wildman–Crippen LogP) is 2.45. The van der Waals surface area contributed by atoms with Gasteiger partial charge in [-0.1, -0.05) is 6.07 Å². The van der Waals surface area contributed by atoms with E-state index in [2.05, 4.69) is 28.8 Å². The first-order valence-corrected chi connectivity index (χ1v) is 12.4. The van der Waals surface area contributed by atoms with Gasteiger partial charge in [-0.25, -0.2) is 9.78 Å². The van der Waals surface area contributed by atoms with E-state index < -0.39 is 23.3 Å². The summed E-state index contributed by atoms with van der Waals surface area (Å²) < 4.78 is 11.1. The highest BCUT2D eigenvalue weighted by Crippen LogP contribution is 2.34. The summed E-state index contributed by atoms with van der Waals surface area (Å²) in [6, 6.07) is 5.33. The number of carbonyl (C=O) groups is 2. The molecule has 0 spiro atoms. The molecule has 3 heterocycles.